The van der Waals surface area contributed by atoms with Gasteiger partial charge in [0.25, 0.3) is 0 Å². The summed E-state index contributed by atoms with van der Waals surface area (Å²) < 4.78 is 7.08. The topological polar surface area (TPSA) is 46.8 Å². The van der Waals surface area contributed by atoms with Crippen molar-refractivity contribution in [3.05, 3.63) is 60.0 Å². The van der Waals surface area contributed by atoms with Gasteiger partial charge in [-0.1, -0.05) is 24.3 Å². The Morgan fingerprint density at radius 2 is 2.00 bits per heavy atom. The average Bonchev–Trinajstić information content (AvgIpc) is 2.84. The van der Waals surface area contributed by atoms with Gasteiger partial charge in [-0.25, -0.2) is 4.98 Å². The molecule has 0 saturated heterocycles. The first-order chi connectivity index (χ1) is 9.29. The van der Waals surface area contributed by atoms with Crippen LogP contribution in [-0.4, -0.2) is 21.6 Å². The Morgan fingerprint density at radius 3 is 2.84 bits per heavy atom. The Hall–Kier alpha value is -2.49. The maximum Gasteiger partial charge on any atom is 0.197 e. The molecule has 4 nitrogen and oxygen atoms in total. The number of imidazole rings is 1. The molecule has 0 aliphatic carbocycles. The normalized spacial score (nSPS) is 10.8. The molecule has 0 unspecified atom stereocenters. The van der Waals surface area contributed by atoms with Crippen molar-refractivity contribution in [3.63, 3.8) is 0 Å². The number of hydrogen-bond donors (Lipinski definition) is 1. The van der Waals surface area contributed by atoms with E-state index in [0.29, 0.717) is 6.42 Å². The zero-order valence-electron chi connectivity index (χ0n) is 10.6. The number of rotatable bonds is 3. The Balaban J connectivity index is 2.06. The molecule has 1 aromatic carbocycles. The molecular formula is C15H14N2O2. The van der Waals surface area contributed by atoms with E-state index in [1.807, 2.05) is 30.3 Å². The van der Waals surface area contributed by atoms with Gasteiger partial charge in [-0.2, -0.15) is 0 Å². The van der Waals surface area contributed by atoms with Gasteiger partial charge in [-0.3, -0.25) is 4.40 Å². The second-order valence-electron chi connectivity index (χ2n) is 4.31. The van der Waals surface area contributed by atoms with Crippen molar-refractivity contribution in [2.45, 2.75) is 6.42 Å². The molecule has 0 fully saturated rings. The summed E-state index contributed by atoms with van der Waals surface area (Å²) >= 11 is 0. The lowest BCUT2D eigenvalue weighted by Gasteiger charge is -2.08. The third-order valence-electron chi connectivity index (χ3n) is 3.14. The zero-order valence-corrected chi connectivity index (χ0v) is 10.6. The second kappa shape index (κ2) is 4.65. The van der Waals surface area contributed by atoms with Crippen molar-refractivity contribution in [1.82, 2.24) is 9.38 Å². The predicted molar refractivity (Wildman–Crippen MR) is 72.7 cm³/mol. The van der Waals surface area contributed by atoms with Crippen LogP contribution in [0.25, 0.3) is 5.52 Å². The quantitative estimate of drug-likeness (QED) is 0.781. The third-order valence-corrected chi connectivity index (χ3v) is 3.14. The fraction of sp³-hybridized carbons (Fsp3) is 0.133. The van der Waals surface area contributed by atoms with Crippen molar-refractivity contribution in [2.75, 3.05) is 7.11 Å². The minimum Gasteiger partial charge on any atom is -0.496 e. The Kier molecular flexibility index (Phi) is 2.83. The molecule has 1 N–H and O–H groups in total. The number of methoxy groups -OCH3 is 1. The van der Waals surface area contributed by atoms with E-state index in [-0.39, 0.29) is 5.88 Å². The molecule has 3 aromatic rings. The van der Waals surface area contributed by atoms with Crippen LogP contribution >= 0.6 is 0 Å². The van der Waals surface area contributed by atoms with Gasteiger partial charge in [0.05, 0.1) is 18.8 Å². The van der Waals surface area contributed by atoms with Crippen LogP contribution in [0.2, 0.25) is 0 Å². The molecule has 4 heteroatoms. The Morgan fingerprint density at radius 1 is 1.16 bits per heavy atom. The number of para-hydroxylation sites is 1. The number of nitrogens with zero attached hydrogens (tertiary/aromatic N) is 2. The third kappa shape index (κ3) is 2.01. The van der Waals surface area contributed by atoms with Crippen molar-refractivity contribution in [1.29, 1.82) is 0 Å². The summed E-state index contributed by atoms with van der Waals surface area (Å²) in [6.07, 6.45) is 2.36. The smallest absolute Gasteiger partial charge is 0.197 e. The van der Waals surface area contributed by atoms with Gasteiger partial charge in [-0.15, -0.1) is 0 Å². The van der Waals surface area contributed by atoms with Crippen molar-refractivity contribution in [3.8, 4) is 11.6 Å². The van der Waals surface area contributed by atoms with Crippen LogP contribution in [0.5, 0.6) is 11.6 Å². The maximum atomic E-state index is 9.94. The zero-order chi connectivity index (χ0) is 13.2. The molecule has 0 aliphatic heterocycles. The molecule has 0 aliphatic rings. The van der Waals surface area contributed by atoms with E-state index in [1.165, 1.54) is 0 Å². The van der Waals surface area contributed by atoms with Crippen LogP contribution in [-0.2, 0) is 6.42 Å². The first-order valence-corrected chi connectivity index (χ1v) is 6.06. The van der Waals surface area contributed by atoms with Crippen molar-refractivity contribution < 1.29 is 9.84 Å². The highest BCUT2D eigenvalue weighted by Gasteiger charge is 2.10. The Bertz CT molecular complexity index is 719. The molecule has 0 amide bonds. The van der Waals surface area contributed by atoms with Gasteiger partial charge in [0, 0.05) is 12.0 Å². The SMILES string of the molecule is COc1ccccc1Cc1ncc2cccc(O)n12. The summed E-state index contributed by atoms with van der Waals surface area (Å²) in [7, 11) is 1.65. The van der Waals surface area contributed by atoms with Gasteiger partial charge in [-0.05, 0) is 18.2 Å². The molecule has 0 spiro atoms. The summed E-state index contributed by atoms with van der Waals surface area (Å²) in [5, 5.41) is 9.94. The van der Waals surface area contributed by atoms with Gasteiger partial charge in [0.15, 0.2) is 5.88 Å². The fourth-order valence-electron chi connectivity index (χ4n) is 2.24. The molecule has 0 bridgehead atoms. The first kappa shape index (κ1) is 11.6. The molecule has 3 rings (SSSR count). The predicted octanol–water partition coefficient (Wildman–Crippen LogP) is 2.64. The number of benzene rings is 1. The summed E-state index contributed by atoms with van der Waals surface area (Å²) in [6, 6.07) is 13.2. The standard InChI is InChI=1S/C15H14N2O2/c1-19-13-7-3-2-5-11(13)9-14-16-10-12-6-4-8-15(18)17(12)14/h2-8,10,18H,9H2,1H3. The second-order valence-corrected chi connectivity index (χ2v) is 4.31. The molecule has 2 aromatic heterocycles. The van der Waals surface area contributed by atoms with E-state index in [9.17, 15) is 5.11 Å². The molecule has 96 valence electrons. The summed E-state index contributed by atoms with van der Waals surface area (Å²) in [6.45, 7) is 0. The molecule has 0 radical (unpaired) electrons. The first-order valence-electron chi connectivity index (χ1n) is 6.06. The lowest BCUT2D eigenvalue weighted by molar-refractivity contribution is 0.410. The number of aromatic nitrogens is 2. The van der Waals surface area contributed by atoms with Crippen LogP contribution in [0.4, 0.5) is 0 Å². The maximum absolute atomic E-state index is 9.94. The minimum absolute atomic E-state index is 0.194. The van der Waals surface area contributed by atoms with Crippen molar-refractivity contribution in [2.24, 2.45) is 0 Å². The largest absolute Gasteiger partial charge is 0.496 e. The minimum atomic E-state index is 0.194. The van der Waals surface area contributed by atoms with Crippen LogP contribution in [0.1, 0.15) is 11.4 Å². The van der Waals surface area contributed by atoms with E-state index >= 15 is 0 Å². The van der Waals surface area contributed by atoms with Gasteiger partial charge >= 0.3 is 0 Å². The Labute approximate surface area is 110 Å². The molecule has 0 saturated carbocycles. The van der Waals surface area contributed by atoms with Crippen LogP contribution in [0, 0.1) is 0 Å². The summed E-state index contributed by atoms with van der Waals surface area (Å²) in [5.41, 5.74) is 1.92. The van der Waals surface area contributed by atoms with E-state index in [1.54, 1.807) is 29.8 Å². The average molecular weight is 254 g/mol. The number of fused-ring (bicyclic) bond motifs is 1. The number of ether oxygens (including phenoxy) is 1. The highest BCUT2D eigenvalue weighted by molar-refractivity contribution is 5.49. The van der Waals surface area contributed by atoms with Crippen LogP contribution < -0.4 is 4.74 Å². The van der Waals surface area contributed by atoms with Gasteiger partial charge < -0.3 is 9.84 Å². The van der Waals surface area contributed by atoms with E-state index in [0.717, 1.165) is 22.7 Å². The molecular weight excluding hydrogens is 240 g/mol. The van der Waals surface area contributed by atoms with E-state index < -0.39 is 0 Å². The van der Waals surface area contributed by atoms with Crippen LogP contribution in [0.3, 0.4) is 0 Å². The van der Waals surface area contributed by atoms with E-state index in [2.05, 4.69) is 4.98 Å². The fourth-order valence-corrected chi connectivity index (χ4v) is 2.24. The van der Waals surface area contributed by atoms with Crippen LogP contribution in [0.15, 0.2) is 48.7 Å². The summed E-state index contributed by atoms with van der Waals surface area (Å²) in [4.78, 5) is 4.37. The molecule has 0 atom stereocenters. The highest BCUT2D eigenvalue weighted by atomic mass is 16.5. The lowest BCUT2D eigenvalue weighted by Crippen LogP contribution is -1.99. The number of hydrogen-bond acceptors (Lipinski definition) is 3. The monoisotopic (exact) mass is 254 g/mol. The highest BCUT2D eigenvalue weighted by Crippen LogP contribution is 2.23. The van der Waals surface area contributed by atoms with Crippen molar-refractivity contribution >= 4 is 5.52 Å². The number of pyridine rings is 1. The molecule has 19 heavy (non-hydrogen) atoms. The number of aromatic hydroxyl groups is 1. The molecule has 2 heterocycles. The lowest BCUT2D eigenvalue weighted by atomic mass is 10.1. The van der Waals surface area contributed by atoms with Gasteiger partial charge in [0.2, 0.25) is 0 Å². The van der Waals surface area contributed by atoms with E-state index in [4.69, 9.17) is 4.74 Å². The summed E-state index contributed by atoms with van der Waals surface area (Å²) in [5.74, 6) is 1.81. The van der Waals surface area contributed by atoms with Gasteiger partial charge in [0.1, 0.15) is 11.6 Å².